The van der Waals surface area contributed by atoms with Gasteiger partial charge in [-0.25, -0.2) is 4.98 Å². The second-order valence-electron chi connectivity index (χ2n) is 5.12. The van der Waals surface area contributed by atoms with E-state index in [0.717, 1.165) is 0 Å². The lowest BCUT2D eigenvalue weighted by Crippen LogP contribution is -2.30. The Morgan fingerprint density at radius 1 is 1.42 bits per heavy atom. The molecule has 0 saturated heterocycles. The van der Waals surface area contributed by atoms with Gasteiger partial charge in [-0.15, -0.1) is 11.3 Å². The minimum Gasteiger partial charge on any atom is -0.481 e. The van der Waals surface area contributed by atoms with Crippen LogP contribution in [0.2, 0.25) is 0 Å². The van der Waals surface area contributed by atoms with Crippen LogP contribution in [0.25, 0.3) is 0 Å². The first-order chi connectivity index (χ1) is 11.4. The molecule has 0 fully saturated rings. The second kappa shape index (κ2) is 7.73. The van der Waals surface area contributed by atoms with E-state index in [1.165, 1.54) is 22.5 Å². The zero-order chi connectivity index (χ0) is 17.7. The van der Waals surface area contributed by atoms with Gasteiger partial charge in [0, 0.05) is 19.0 Å². The summed E-state index contributed by atoms with van der Waals surface area (Å²) in [4.78, 5) is 40.1. The summed E-state index contributed by atoms with van der Waals surface area (Å²) >= 11 is 1.21. The Morgan fingerprint density at radius 3 is 2.79 bits per heavy atom. The summed E-state index contributed by atoms with van der Waals surface area (Å²) in [5.41, 5.74) is 0.947. The van der Waals surface area contributed by atoms with E-state index < -0.39 is 5.97 Å². The van der Waals surface area contributed by atoms with Crippen LogP contribution in [-0.2, 0) is 16.0 Å². The number of aliphatic carboxylic acids is 1. The quantitative estimate of drug-likeness (QED) is 0.786. The Kier molecular flexibility index (Phi) is 5.69. The molecule has 0 aromatic carbocycles. The van der Waals surface area contributed by atoms with Gasteiger partial charge in [-0.1, -0.05) is 0 Å². The van der Waals surface area contributed by atoms with Crippen molar-refractivity contribution in [2.45, 2.75) is 19.8 Å². The predicted molar refractivity (Wildman–Crippen MR) is 87.1 cm³/mol. The number of furan rings is 1. The number of carbonyl (C=O) groups is 3. The maximum Gasteiger partial charge on any atom is 0.305 e. The van der Waals surface area contributed by atoms with E-state index >= 15 is 0 Å². The molecule has 2 amide bonds. The van der Waals surface area contributed by atoms with Gasteiger partial charge in [0.1, 0.15) is 5.76 Å². The molecule has 128 valence electrons. The van der Waals surface area contributed by atoms with E-state index in [0.29, 0.717) is 22.1 Å². The SMILES string of the molecule is Cc1occc1C(=O)Nc1nc(CC(=O)N(C)CCC(=O)O)cs1. The number of nitrogens with zero attached hydrogens (tertiary/aromatic N) is 2. The molecule has 0 aliphatic carbocycles. The molecule has 0 aliphatic rings. The molecule has 0 saturated carbocycles. The highest BCUT2D eigenvalue weighted by atomic mass is 32.1. The number of aromatic nitrogens is 1. The van der Waals surface area contributed by atoms with Gasteiger partial charge in [-0.05, 0) is 13.0 Å². The van der Waals surface area contributed by atoms with Crippen LogP contribution in [0.4, 0.5) is 5.13 Å². The summed E-state index contributed by atoms with van der Waals surface area (Å²) in [5, 5.41) is 13.3. The topological polar surface area (TPSA) is 113 Å². The molecule has 2 heterocycles. The third kappa shape index (κ3) is 4.66. The van der Waals surface area contributed by atoms with Crippen molar-refractivity contribution < 1.29 is 23.9 Å². The van der Waals surface area contributed by atoms with Gasteiger partial charge in [0.05, 0.1) is 30.4 Å². The zero-order valence-corrected chi connectivity index (χ0v) is 14.1. The average molecular weight is 351 g/mol. The molecule has 2 rings (SSSR count). The number of likely N-dealkylation sites (N-methyl/N-ethyl adjacent to an activating group) is 1. The van der Waals surface area contributed by atoms with Crippen molar-refractivity contribution in [2.24, 2.45) is 0 Å². The number of nitrogens with one attached hydrogen (secondary N) is 1. The first-order valence-corrected chi connectivity index (χ1v) is 8.00. The number of anilines is 1. The summed E-state index contributed by atoms with van der Waals surface area (Å²) < 4.78 is 5.08. The first-order valence-electron chi connectivity index (χ1n) is 7.12. The van der Waals surface area contributed by atoms with Crippen molar-refractivity contribution >= 4 is 34.3 Å². The number of thiazole rings is 1. The van der Waals surface area contributed by atoms with Crippen LogP contribution in [0.1, 0.15) is 28.2 Å². The van der Waals surface area contributed by atoms with Crippen LogP contribution in [0, 0.1) is 6.92 Å². The molecular weight excluding hydrogens is 334 g/mol. The van der Waals surface area contributed by atoms with Crippen molar-refractivity contribution in [1.29, 1.82) is 0 Å². The van der Waals surface area contributed by atoms with Crippen LogP contribution in [0.5, 0.6) is 0 Å². The summed E-state index contributed by atoms with van der Waals surface area (Å²) in [6, 6.07) is 1.57. The van der Waals surface area contributed by atoms with Crippen molar-refractivity contribution in [1.82, 2.24) is 9.88 Å². The highest BCUT2D eigenvalue weighted by molar-refractivity contribution is 7.14. The zero-order valence-electron chi connectivity index (χ0n) is 13.2. The van der Waals surface area contributed by atoms with Crippen molar-refractivity contribution in [3.63, 3.8) is 0 Å². The predicted octanol–water partition coefficient (Wildman–Crippen LogP) is 1.77. The molecule has 9 heteroatoms. The third-order valence-corrected chi connectivity index (χ3v) is 4.10. The number of carbonyl (C=O) groups excluding carboxylic acids is 2. The van der Waals surface area contributed by atoms with E-state index in [4.69, 9.17) is 9.52 Å². The van der Waals surface area contributed by atoms with Gasteiger partial charge in [0.15, 0.2) is 5.13 Å². The summed E-state index contributed by atoms with van der Waals surface area (Å²) in [5.74, 6) is -1.00. The largest absolute Gasteiger partial charge is 0.481 e. The molecule has 0 radical (unpaired) electrons. The fraction of sp³-hybridized carbons (Fsp3) is 0.333. The number of aryl methyl sites for hydroxylation is 1. The van der Waals surface area contributed by atoms with E-state index in [1.807, 2.05) is 0 Å². The molecule has 24 heavy (non-hydrogen) atoms. The Bertz CT molecular complexity index is 752. The van der Waals surface area contributed by atoms with Crippen LogP contribution >= 0.6 is 11.3 Å². The molecule has 2 aromatic heterocycles. The molecule has 0 spiro atoms. The number of hydrogen-bond donors (Lipinski definition) is 2. The Labute approximate surface area is 142 Å². The maximum atomic E-state index is 12.0. The number of rotatable bonds is 7. The number of amides is 2. The highest BCUT2D eigenvalue weighted by Crippen LogP contribution is 2.18. The van der Waals surface area contributed by atoms with Gasteiger partial charge in [0.2, 0.25) is 5.91 Å². The molecule has 0 unspecified atom stereocenters. The molecule has 2 N–H and O–H groups in total. The van der Waals surface area contributed by atoms with E-state index in [-0.39, 0.29) is 31.2 Å². The minimum atomic E-state index is -0.956. The lowest BCUT2D eigenvalue weighted by molar-refractivity contribution is -0.138. The number of carboxylic acid groups (broad SMARTS) is 1. The third-order valence-electron chi connectivity index (χ3n) is 3.29. The standard InChI is InChI=1S/C15H17N3O5S/c1-9-11(4-6-23-9)14(22)17-15-16-10(8-24-15)7-12(19)18(2)5-3-13(20)21/h4,6,8H,3,5,7H2,1-2H3,(H,20,21)(H,16,17,22). The minimum absolute atomic E-state index is 0.0488. The Balaban J connectivity index is 1.91. The second-order valence-corrected chi connectivity index (χ2v) is 5.98. The molecule has 2 aromatic rings. The normalized spacial score (nSPS) is 10.4. The Hall–Kier alpha value is -2.68. The molecule has 8 nitrogen and oxygen atoms in total. The molecule has 0 bridgehead atoms. The number of carboxylic acids is 1. The first kappa shape index (κ1) is 17.7. The molecule has 0 atom stereocenters. The highest BCUT2D eigenvalue weighted by Gasteiger charge is 2.16. The van der Waals surface area contributed by atoms with Gasteiger partial charge < -0.3 is 14.4 Å². The lowest BCUT2D eigenvalue weighted by atomic mass is 10.2. The number of hydrogen-bond acceptors (Lipinski definition) is 6. The van der Waals surface area contributed by atoms with Crippen LogP contribution in [0.3, 0.4) is 0 Å². The fourth-order valence-corrected chi connectivity index (χ4v) is 2.61. The summed E-state index contributed by atoms with van der Waals surface area (Å²) in [6.45, 7) is 1.83. The van der Waals surface area contributed by atoms with Gasteiger partial charge in [-0.2, -0.15) is 0 Å². The van der Waals surface area contributed by atoms with Crippen LogP contribution in [-0.4, -0.2) is 46.4 Å². The Morgan fingerprint density at radius 2 is 2.17 bits per heavy atom. The van der Waals surface area contributed by atoms with Crippen LogP contribution in [0.15, 0.2) is 22.1 Å². The lowest BCUT2D eigenvalue weighted by Gasteiger charge is -2.14. The van der Waals surface area contributed by atoms with E-state index in [1.54, 1.807) is 25.4 Å². The van der Waals surface area contributed by atoms with Gasteiger partial charge in [0.25, 0.3) is 5.91 Å². The van der Waals surface area contributed by atoms with Gasteiger partial charge in [-0.3, -0.25) is 19.7 Å². The van der Waals surface area contributed by atoms with Crippen molar-refractivity contribution in [3.8, 4) is 0 Å². The average Bonchev–Trinajstić information content (AvgIpc) is 3.13. The van der Waals surface area contributed by atoms with E-state index in [2.05, 4.69) is 10.3 Å². The smallest absolute Gasteiger partial charge is 0.305 e. The molecule has 0 aliphatic heterocycles. The fourth-order valence-electron chi connectivity index (χ4n) is 1.91. The monoisotopic (exact) mass is 351 g/mol. The van der Waals surface area contributed by atoms with Crippen LogP contribution < -0.4 is 5.32 Å². The summed E-state index contributed by atoms with van der Waals surface area (Å²) in [6.07, 6.45) is 1.38. The van der Waals surface area contributed by atoms with Gasteiger partial charge >= 0.3 is 5.97 Å². The maximum absolute atomic E-state index is 12.0. The van der Waals surface area contributed by atoms with E-state index in [9.17, 15) is 14.4 Å². The van der Waals surface area contributed by atoms with Crippen molar-refractivity contribution in [3.05, 3.63) is 34.7 Å². The molecular formula is C15H17N3O5S. The van der Waals surface area contributed by atoms with Crippen molar-refractivity contribution in [2.75, 3.05) is 18.9 Å². The summed E-state index contributed by atoms with van der Waals surface area (Å²) in [7, 11) is 1.54.